The van der Waals surface area contributed by atoms with Crippen LogP contribution in [0.1, 0.15) is 75.4 Å². The summed E-state index contributed by atoms with van der Waals surface area (Å²) in [6, 6.07) is 8.47. The Hall–Kier alpha value is -4.40. The number of nitrogen functional groups attached to an aromatic ring is 1. The van der Waals surface area contributed by atoms with E-state index in [4.69, 9.17) is 38.4 Å². The van der Waals surface area contributed by atoms with Crippen LogP contribution in [-0.2, 0) is 40.6 Å². The van der Waals surface area contributed by atoms with Gasteiger partial charge >= 0.3 is 12.2 Å². The number of nitro benzene ring substituents is 1. The smallest absolute Gasteiger partial charge is 0.414 e. The highest BCUT2D eigenvalue weighted by Gasteiger charge is 2.44. The van der Waals surface area contributed by atoms with E-state index >= 15 is 0 Å². The van der Waals surface area contributed by atoms with Gasteiger partial charge in [0.15, 0.2) is 0 Å². The minimum absolute atomic E-state index is 0. The molecule has 0 saturated heterocycles. The number of amides is 2. The van der Waals surface area contributed by atoms with Crippen molar-refractivity contribution in [3.05, 3.63) is 67.7 Å². The van der Waals surface area contributed by atoms with Gasteiger partial charge in [-0.05, 0) is 79.7 Å². The third-order valence-corrected chi connectivity index (χ3v) is 12.1. The molecule has 2 aromatic carbocycles. The monoisotopic (exact) mass is 852 g/mol. The number of nitro groups is 1. The molecule has 2 aromatic rings. The second-order valence-corrected chi connectivity index (χ2v) is 19.6. The fraction of sp³-hybridized carbons (Fsp3) is 0.515. The van der Waals surface area contributed by atoms with Gasteiger partial charge in [0.25, 0.3) is 5.69 Å². The highest BCUT2D eigenvalue weighted by atomic mass is 35.5. The third kappa shape index (κ3) is 11.8. The molecule has 22 heteroatoms. The van der Waals surface area contributed by atoms with Gasteiger partial charge in [-0.1, -0.05) is 30.6 Å². The van der Waals surface area contributed by atoms with Gasteiger partial charge in [0.05, 0.1) is 16.4 Å². The maximum atomic E-state index is 12.7. The Morgan fingerprint density at radius 3 is 1.55 bits per heavy atom. The Kier molecular flexibility index (Phi) is 13.9. The second-order valence-electron chi connectivity index (χ2n) is 14.8. The van der Waals surface area contributed by atoms with E-state index in [9.17, 15) is 36.5 Å². The average molecular weight is 854 g/mol. The van der Waals surface area contributed by atoms with Gasteiger partial charge in [0, 0.05) is 54.5 Å². The lowest BCUT2D eigenvalue weighted by atomic mass is 9.94. The van der Waals surface area contributed by atoms with Crippen molar-refractivity contribution < 1.29 is 42.2 Å². The average Bonchev–Trinajstić information content (AvgIpc) is 2.97. The van der Waals surface area contributed by atoms with Crippen molar-refractivity contribution in [1.82, 2.24) is 19.2 Å². The molecule has 0 unspecified atom stereocenters. The van der Waals surface area contributed by atoms with Crippen molar-refractivity contribution in [2.24, 2.45) is 9.98 Å². The molecule has 55 heavy (non-hydrogen) atoms. The van der Waals surface area contributed by atoms with E-state index in [2.05, 4.69) is 20.6 Å². The standard InChI is InChI=1S/C16H21ClN4O6S.C16H23ClN4O4S.CH4.H2/c1-15(2,3)27-14(22)18-13-19-16(4,9-28(25,26)20(13)5)11-8-10(21(23)24)6-7-12(11)17;1-15(2,3)25-14(22)19-13-20-16(4,9-26(23,24)21(13)5)11-8-10(18)6-7-12(11)17;;/h6-8H,9H2,1-5H3,(H,18,19,22);6-8H,9,18H2,1-5H3,(H,19,20,22);1H4;1H/t2*16-;;/m00../s1. The molecule has 0 saturated carbocycles. The Balaban J connectivity index is 0.000000542. The predicted octanol–water partition coefficient (Wildman–Crippen LogP) is 5.79. The lowest BCUT2D eigenvalue weighted by Crippen LogP contribution is -2.54. The number of aliphatic imine (C=N–C) groups is 2. The molecule has 2 heterocycles. The quantitative estimate of drug-likeness (QED) is 0.189. The van der Waals surface area contributed by atoms with Crippen molar-refractivity contribution in [2.45, 2.75) is 85.1 Å². The number of sulfonamides is 2. The lowest BCUT2D eigenvalue weighted by molar-refractivity contribution is -0.385. The van der Waals surface area contributed by atoms with Crippen LogP contribution in [0.5, 0.6) is 0 Å². The molecule has 2 aliphatic heterocycles. The Labute approximate surface area is 333 Å². The molecule has 4 rings (SSSR count). The van der Waals surface area contributed by atoms with E-state index < -0.39 is 65.2 Å². The van der Waals surface area contributed by atoms with Crippen LogP contribution in [0.25, 0.3) is 0 Å². The first-order chi connectivity index (χ1) is 24.4. The van der Waals surface area contributed by atoms with Crippen LogP contribution in [-0.4, -0.2) is 91.3 Å². The maximum Gasteiger partial charge on any atom is 0.414 e. The third-order valence-electron chi connectivity index (χ3n) is 7.60. The Bertz CT molecular complexity index is 2130. The fourth-order valence-electron chi connectivity index (χ4n) is 5.11. The topological polar surface area (TPSA) is 245 Å². The van der Waals surface area contributed by atoms with E-state index in [0.717, 1.165) is 8.61 Å². The molecule has 0 aromatic heterocycles. The number of benzene rings is 2. The fourth-order valence-corrected chi connectivity index (χ4v) is 8.70. The number of anilines is 1. The first kappa shape index (κ1) is 46.8. The molecule has 2 amide bonds. The van der Waals surface area contributed by atoms with Gasteiger partial charge < -0.3 is 15.2 Å². The number of carbonyl (C=O) groups is 2. The van der Waals surface area contributed by atoms with Crippen LogP contribution in [0, 0.1) is 10.1 Å². The number of ether oxygens (including phenoxy) is 2. The van der Waals surface area contributed by atoms with Crippen LogP contribution in [0.3, 0.4) is 0 Å². The molecule has 0 spiro atoms. The number of hydrogen-bond acceptors (Lipinski definition) is 13. The van der Waals surface area contributed by atoms with E-state index in [1.165, 1.54) is 39.2 Å². The molecule has 18 nitrogen and oxygen atoms in total. The zero-order valence-electron chi connectivity index (χ0n) is 31.3. The van der Waals surface area contributed by atoms with Crippen LogP contribution >= 0.6 is 23.2 Å². The lowest BCUT2D eigenvalue weighted by Gasteiger charge is -2.36. The summed E-state index contributed by atoms with van der Waals surface area (Å²) in [4.78, 5) is 43.4. The number of nitrogens with one attached hydrogen (secondary N) is 2. The molecule has 2 atom stereocenters. The molecule has 0 fully saturated rings. The van der Waals surface area contributed by atoms with Gasteiger partial charge in [-0.15, -0.1) is 0 Å². The van der Waals surface area contributed by atoms with Gasteiger partial charge in [0.2, 0.25) is 32.0 Å². The van der Waals surface area contributed by atoms with Crippen LogP contribution < -0.4 is 16.4 Å². The first-order valence-corrected chi connectivity index (χ1v) is 20.0. The van der Waals surface area contributed by atoms with Gasteiger partial charge in [-0.2, -0.15) is 0 Å². The number of carbonyl (C=O) groups excluding carboxylic acids is 2. The number of halogens is 2. The van der Waals surface area contributed by atoms with Crippen LogP contribution in [0.15, 0.2) is 46.4 Å². The van der Waals surface area contributed by atoms with Crippen LogP contribution in [0.2, 0.25) is 10.0 Å². The molecule has 0 radical (unpaired) electrons. The Morgan fingerprint density at radius 1 is 0.818 bits per heavy atom. The van der Waals surface area contributed by atoms with Gasteiger partial charge in [-0.25, -0.2) is 45.0 Å². The van der Waals surface area contributed by atoms with Crippen molar-refractivity contribution in [3.8, 4) is 0 Å². The number of non-ortho nitro benzene ring substituents is 1. The summed E-state index contributed by atoms with van der Waals surface area (Å²) in [5.74, 6) is -1.23. The van der Waals surface area contributed by atoms with Crippen molar-refractivity contribution in [1.29, 1.82) is 0 Å². The maximum absolute atomic E-state index is 12.7. The number of nitrogens with zero attached hydrogens (tertiary/aromatic N) is 5. The molecule has 2 aliphatic rings. The normalized spacial score (nSPS) is 21.7. The van der Waals surface area contributed by atoms with E-state index in [1.54, 1.807) is 66.7 Å². The Morgan fingerprint density at radius 2 is 1.18 bits per heavy atom. The highest BCUT2D eigenvalue weighted by molar-refractivity contribution is 7.90. The van der Waals surface area contributed by atoms with E-state index in [-0.39, 0.29) is 42.8 Å². The first-order valence-electron chi connectivity index (χ1n) is 16.0. The number of hydrogen-bond donors (Lipinski definition) is 3. The summed E-state index contributed by atoms with van der Waals surface area (Å²) in [6.45, 7) is 13.2. The van der Waals surface area contributed by atoms with Crippen molar-refractivity contribution >= 4 is 78.7 Å². The zero-order chi connectivity index (χ0) is 41.4. The number of rotatable bonds is 3. The SMILES string of the molecule is C.CN1C(NC(=O)OC(C)(C)C)=N[C@](C)(c2cc(N)ccc2Cl)CS1(=O)=O.CN1C(NC(=O)OC(C)(C)C)=N[C@](C)(c2cc([N+](=O)[O-])ccc2Cl)CS1(=O)=O.[HH]. The molecule has 4 N–H and O–H groups in total. The highest BCUT2D eigenvalue weighted by Crippen LogP contribution is 2.39. The molecular formula is C33H50Cl2N8O10S2. The number of guanidine groups is 2. The summed E-state index contributed by atoms with van der Waals surface area (Å²) >= 11 is 12.4. The van der Waals surface area contributed by atoms with Gasteiger partial charge in [-0.3, -0.25) is 20.7 Å². The van der Waals surface area contributed by atoms with Crippen molar-refractivity contribution in [2.75, 3.05) is 31.3 Å². The molecular weight excluding hydrogens is 803 g/mol. The van der Waals surface area contributed by atoms with Crippen LogP contribution in [0.4, 0.5) is 21.0 Å². The van der Waals surface area contributed by atoms with E-state index in [0.29, 0.717) is 16.3 Å². The minimum atomic E-state index is -3.90. The molecule has 308 valence electrons. The summed E-state index contributed by atoms with van der Waals surface area (Å²) in [5.41, 5.74) is 2.38. The van der Waals surface area contributed by atoms with Gasteiger partial charge in [0.1, 0.15) is 22.3 Å². The molecule has 0 bridgehead atoms. The molecule has 0 aliphatic carbocycles. The minimum Gasteiger partial charge on any atom is -0.444 e. The zero-order valence-corrected chi connectivity index (χ0v) is 34.5. The second kappa shape index (κ2) is 16.4. The number of nitrogens with two attached hydrogens (primary N) is 1. The largest absolute Gasteiger partial charge is 0.444 e. The number of alkyl carbamates (subject to hydrolysis) is 2. The summed E-state index contributed by atoms with van der Waals surface area (Å²) < 4.78 is 62.6. The summed E-state index contributed by atoms with van der Waals surface area (Å²) in [7, 11) is -5.11. The summed E-state index contributed by atoms with van der Waals surface area (Å²) in [5, 5.41) is 16.3. The van der Waals surface area contributed by atoms with E-state index in [1.807, 2.05) is 0 Å². The predicted molar refractivity (Wildman–Crippen MR) is 214 cm³/mol. The summed E-state index contributed by atoms with van der Waals surface area (Å²) in [6.07, 6.45) is -1.69. The van der Waals surface area contributed by atoms with Crippen molar-refractivity contribution in [3.63, 3.8) is 0 Å².